The summed E-state index contributed by atoms with van der Waals surface area (Å²) < 4.78 is 6.28. The van der Waals surface area contributed by atoms with Crippen molar-refractivity contribution < 1.29 is 14.6 Å². The molecule has 0 radical (unpaired) electrons. The molecule has 0 aromatic heterocycles. The fourth-order valence-corrected chi connectivity index (χ4v) is 5.64. The lowest BCUT2D eigenvalue weighted by Gasteiger charge is -2.42. The third kappa shape index (κ3) is 4.01. The standard InChI is InChI=1S/C27H31NO3/c1-18(7-5-10-19-8-3-2-4-9-19)31-21-12-13-22-23(17-21)27-25(15-20(29)16-26(27)30)28-14-6-11-24(22)28/h2-4,8-9,12-13,17-18,24-25,30H,5-7,10-11,14-16H2,1H3. The second-order valence-corrected chi connectivity index (χ2v) is 9.25. The number of ketones is 1. The number of allylic oxidation sites excluding steroid dienone is 1. The number of hydrogen-bond donors (Lipinski definition) is 1. The molecule has 4 heteroatoms. The Balaban J connectivity index is 1.33. The minimum atomic E-state index is 0.0137. The Morgan fingerprint density at radius 1 is 1.16 bits per heavy atom. The van der Waals surface area contributed by atoms with Crippen LogP contribution in [0.2, 0.25) is 0 Å². The Kier molecular flexibility index (Phi) is 5.58. The van der Waals surface area contributed by atoms with E-state index in [0.717, 1.165) is 55.5 Å². The predicted molar refractivity (Wildman–Crippen MR) is 122 cm³/mol. The van der Waals surface area contributed by atoms with Crippen molar-refractivity contribution in [3.8, 4) is 5.75 Å². The van der Waals surface area contributed by atoms with Crippen LogP contribution >= 0.6 is 0 Å². The van der Waals surface area contributed by atoms with E-state index in [1.807, 2.05) is 0 Å². The Hall–Kier alpha value is -2.59. The number of aryl methyl sites for hydroxylation is 1. The Morgan fingerprint density at radius 2 is 2.00 bits per heavy atom. The van der Waals surface area contributed by atoms with Gasteiger partial charge in [0.05, 0.1) is 12.5 Å². The maximum atomic E-state index is 12.2. The largest absolute Gasteiger partial charge is 0.511 e. The van der Waals surface area contributed by atoms with Crippen LogP contribution in [0, 0.1) is 0 Å². The van der Waals surface area contributed by atoms with Crippen molar-refractivity contribution in [3.05, 3.63) is 71.0 Å². The molecule has 3 aliphatic rings. The number of carbonyl (C=O) groups is 1. The molecule has 3 unspecified atom stereocenters. The first-order valence-corrected chi connectivity index (χ1v) is 11.6. The highest BCUT2D eigenvalue weighted by atomic mass is 16.5. The number of hydrogen-bond acceptors (Lipinski definition) is 4. The van der Waals surface area contributed by atoms with Gasteiger partial charge in [0.2, 0.25) is 0 Å². The van der Waals surface area contributed by atoms with Crippen molar-refractivity contribution in [2.75, 3.05) is 6.54 Å². The van der Waals surface area contributed by atoms with Crippen molar-refractivity contribution in [2.45, 2.75) is 70.1 Å². The van der Waals surface area contributed by atoms with Crippen LogP contribution < -0.4 is 4.74 Å². The quantitative estimate of drug-likeness (QED) is 0.662. The SMILES string of the molecule is CC(CCCc1ccccc1)Oc1ccc2c(c1)C1=C(O)CC(=O)CC1N1CCCC21. The van der Waals surface area contributed by atoms with E-state index in [1.54, 1.807) is 0 Å². The van der Waals surface area contributed by atoms with Crippen molar-refractivity contribution in [3.63, 3.8) is 0 Å². The number of Topliss-reactive ketones (excluding diaryl/α,β-unsaturated/α-hetero) is 1. The van der Waals surface area contributed by atoms with Gasteiger partial charge in [-0.05, 0) is 74.4 Å². The molecule has 31 heavy (non-hydrogen) atoms. The van der Waals surface area contributed by atoms with Crippen molar-refractivity contribution in [1.82, 2.24) is 4.90 Å². The zero-order chi connectivity index (χ0) is 21.4. The van der Waals surface area contributed by atoms with Crippen molar-refractivity contribution in [2.24, 2.45) is 0 Å². The lowest BCUT2D eigenvalue weighted by molar-refractivity contribution is -0.120. The number of rotatable bonds is 6. The summed E-state index contributed by atoms with van der Waals surface area (Å²) in [6.07, 6.45) is 6.19. The molecule has 4 nitrogen and oxygen atoms in total. The van der Waals surface area contributed by atoms with E-state index in [-0.39, 0.29) is 30.1 Å². The Morgan fingerprint density at radius 3 is 2.84 bits per heavy atom. The average molecular weight is 418 g/mol. The molecule has 2 aromatic rings. The number of aliphatic hydroxyl groups is 1. The highest BCUT2D eigenvalue weighted by Crippen LogP contribution is 2.49. The van der Waals surface area contributed by atoms with Crippen LogP contribution in [-0.2, 0) is 11.2 Å². The second kappa shape index (κ2) is 8.51. The van der Waals surface area contributed by atoms with Crippen molar-refractivity contribution >= 4 is 11.4 Å². The normalized spacial score (nSPS) is 23.8. The topological polar surface area (TPSA) is 49.8 Å². The first-order chi connectivity index (χ1) is 15.1. The summed E-state index contributed by atoms with van der Waals surface area (Å²) in [5.41, 5.74) is 4.68. The van der Waals surface area contributed by atoms with Gasteiger partial charge in [0.1, 0.15) is 17.3 Å². The fourth-order valence-electron chi connectivity index (χ4n) is 5.64. The third-order valence-corrected chi connectivity index (χ3v) is 7.05. The van der Waals surface area contributed by atoms with E-state index in [0.29, 0.717) is 12.5 Å². The van der Waals surface area contributed by atoms with E-state index >= 15 is 0 Å². The van der Waals surface area contributed by atoms with E-state index in [1.165, 1.54) is 11.1 Å². The van der Waals surface area contributed by atoms with Crippen LogP contribution in [0.5, 0.6) is 5.75 Å². The second-order valence-electron chi connectivity index (χ2n) is 9.25. The van der Waals surface area contributed by atoms with E-state index in [4.69, 9.17) is 4.74 Å². The summed E-state index contributed by atoms with van der Waals surface area (Å²) >= 11 is 0. The van der Waals surface area contributed by atoms with Gasteiger partial charge in [0.15, 0.2) is 0 Å². The maximum Gasteiger partial charge on any atom is 0.142 e. The zero-order valence-corrected chi connectivity index (χ0v) is 18.2. The molecule has 2 aromatic carbocycles. The molecule has 2 heterocycles. The summed E-state index contributed by atoms with van der Waals surface area (Å²) in [4.78, 5) is 14.6. The number of benzene rings is 2. The first kappa shape index (κ1) is 20.3. The smallest absolute Gasteiger partial charge is 0.142 e. The summed E-state index contributed by atoms with van der Waals surface area (Å²) in [7, 11) is 0. The molecule has 1 N–H and O–H groups in total. The molecule has 0 amide bonds. The first-order valence-electron chi connectivity index (χ1n) is 11.6. The van der Waals surface area contributed by atoms with E-state index < -0.39 is 0 Å². The molecular formula is C27H31NO3. The summed E-state index contributed by atoms with van der Waals surface area (Å²) in [6, 6.07) is 17.3. The van der Waals surface area contributed by atoms with Gasteiger partial charge in [-0.1, -0.05) is 36.4 Å². The summed E-state index contributed by atoms with van der Waals surface area (Å²) in [5.74, 6) is 1.24. The molecule has 1 aliphatic carbocycles. The highest BCUT2D eigenvalue weighted by molar-refractivity contribution is 5.92. The van der Waals surface area contributed by atoms with Crippen LogP contribution in [0.1, 0.15) is 68.2 Å². The van der Waals surface area contributed by atoms with Gasteiger partial charge < -0.3 is 9.84 Å². The molecule has 0 spiro atoms. The summed E-state index contributed by atoms with van der Waals surface area (Å²) in [6.45, 7) is 3.12. The van der Waals surface area contributed by atoms with Crippen LogP contribution in [-0.4, -0.2) is 34.5 Å². The molecule has 5 rings (SSSR count). The molecule has 2 aliphatic heterocycles. The van der Waals surface area contributed by atoms with E-state index in [9.17, 15) is 9.90 Å². The van der Waals surface area contributed by atoms with Crippen LogP contribution in [0.3, 0.4) is 0 Å². The number of aliphatic hydroxyl groups excluding tert-OH is 1. The van der Waals surface area contributed by atoms with Gasteiger partial charge in [-0.2, -0.15) is 0 Å². The Labute approximate surface area is 184 Å². The number of ether oxygens (including phenoxy) is 1. The predicted octanol–water partition coefficient (Wildman–Crippen LogP) is 5.63. The molecule has 3 atom stereocenters. The molecule has 0 bridgehead atoms. The van der Waals surface area contributed by atoms with Crippen LogP contribution in [0.4, 0.5) is 0 Å². The maximum absolute atomic E-state index is 12.2. The highest BCUT2D eigenvalue weighted by Gasteiger charge is 2.44. The molecule has 1 fully saturated rings. The lowest BCUT2D eigenvalue weighted by Crippen LogP contribution is -2.43. The fraction of sp³-hybridized carbons (Fsp3) is 0.444. The van der Waals surface area contributed by atoms with Gasteiger partial charge in [0, 0.05) is 24.1 Å². The van der Waals surface area contributed by atoms with Gasteiger partial charge in [-0.3, -0.25) is 9.69 Å². The van der Waals surface area contributed by atoms with Gasteiger partial charge in [-0.25, -0.2) is 0 Å². The molecule has 162 valence electrons. The minimum Gasteiger partial charge on any atom is -0.511 e. The van der Waals surface area contributed by atoms with E-state index in [2.05, 4.69) is 60.4 Å². The monoisotopic (exact) mass is 417 g/mol. The number of carbonyl (C=O) groups excluding carboxylic acids is 1. The van der Waals surface area contributed by atoms with Crippen molar-refractivity contribution in [1.29, 1.82) is 0 Å². The average Bonchev–Trinajstić information content (AvgIpc) is 3.24. The summed E-state index contributed by atoms with van der Waals surface area (Å²) in [5, 5.41) is 10.7. The zero-order valence-electron chi connectivity index (χ0n) is 18.2. The lowest BCUT2D eigenvalue weighted by atomic mass is 9.78. The van der Waals surface area contributed by atoms with Crippen LogP contribution in [0.15, 0.2) is 54.3 Å². The molecular weight excluding hydrogens is 386 g/mol. The molecule has 0 saturated carbocycles. The van der Waals surface area contributed by atoms with Gasteiger partial charge >= 0.3 is 0 Å². The molecule has 1 saturated heterocycles. The third-order valence-electron chi connectivity index (χ3n) is 7.05. The van der Waals surface area contributed by atoms with Gasteiger partial charge in [0.25, 0.3) is 0 Å². The number of fused-ring (bicyclic) bond motifs is 6. The minimum absolute atomic E-state index is 0.0137. The van der Waals surface area contributed by atoms with Gasteiger partial charge in [-0.15, -0.1) is 0 Å². The van der Waals surface area contributed by atoms with Crippen LogP contribution in [0.25, 0.3) is 5.57 Å². The number of nitrogens with zero attached hydrogens (tertiary/aromatic N) is 1. The Bertz CT molecular complexity index is 997.